The summed E-state index contributed by atoms with van der Waals surface area (Å²) in [6, 6.07) is 2.40. The van der Waals surface area contributed by atoms with E-state index in [4.69, 9.17) is 10.8 Å². The molecule has 64 valence electrons. The molecule has 1 rings (SSSR count). The molecule has 1 aromatic rings. The highest BCUT2D eigenvalue weighted by Gasteiger charge is 2.13. The maximum absolute atomic E-state index is 10.4. The zero-order valence-corrected chi connectivity index (χ0v) is 8.22. The van der Waals surface area contributed by atoms with Gasteiger partial charge >= 0.3 is 5.97 Å². The van der Waals surface area contributed by atoms with Crippen molar-refractivity contribution >= 4 is 28.6 Å². The lowest BCUT2D eigenvalue weighted by Crippen LogP contribution is -2.20. The van der Waals surface area contributed by atoms with Crippen LogP contribution < -0.4 is 5.73 Å². The lowest BCUT2D eigenvalue weighted by Gasteiger charge is -2.04. The molecule has 12 heavy (non-hydrogen) atoms. The van der Waals surface area contributed by atoms with Gasteiger partial charge in [-0.3, -0.25) is 4.79 Å². The van der Waals surface area contributed by atoms with Gasteiger partial charge in [-0.15, -0.1) is 0 Å². The number of carboxylic acids is 1. The first kappa shape index (κ1) is 9.40. The average molecular weight is 278 g/mol. The minimum Gasteiger partial charge on any atom is -0.480 e. The normalized spacial score (nSPS) is 12.5. The maximum atomic E-state index is 10.4. The van der Waals surface area contributed by atoms with Crippen LogP contribution in [-0.2, 0) is 4.79 Å². The van der Waals surface area contributed by atoms with Gasteiger partial charge in [-0.25, -0.2) is 4.98 Å². The summed E-state index contributed by atoms with van der Waals surface area (Å²) in [6.07, 6.45) is 1.47. The number of nitrogens with two attached hydrogens (primary N) is 1. The van der Waals surface area contributed by atoms with E-state index in [1.54, 1.807) is 12.1 Å². The fourth-order valence-electron chi connectivity index (χ4n) is 0.714. The Morgan fingerprint density at radius 1 is 1.67 bits per heavy atom. The Kier molecular flexibility index (Phi) is 2.99. The topological polar surface area (TPSA) is 76.2 Å². The van der Waals surface area contributed by atoms with Gasteiger partial charge in [0.15, 0.2) is 0 Å². The Morgan fingerprint density at radius 2 is 2.33 bits per heavy atom. The number of hydrogen-bond acceptors (Lipinski definition) is 3. The molecule has 1 aromatic heterocycles. The molecule has 0 aliphatic heterocycles. The fourth-order valence-corrected chi connectivity index (χ4v) is 1.03. The van der Waals surface area contributed by atoms with E-state index in [1.807, 2.05) is 22.6 Å². The average Bonchev–Trinajstić information content (AvgIpc) is 2.04. The Labute approximate surface area is 82.9 Å². The van der Waals surface area contributed by atoms with Gasteiger partial charge in [0.2, 0.25) is 0 Å². The molecule has 0 aromatic carbocycles. The molecule has 3 N–H and O–H groups in total. The summed E-state index contributed by atoms with van der Waals surface area (Å²) in [5.41, 5.74) is 5.86. The van der Waals surface area contributed by atoms with Crippen LogP contribution in [0, 0.1) is 3.70 Å². The molecule has 0 aliphatic rings. The SMILES string of the molecule is NC(C(=O)O)c1ccc(I)nc1. The van der Waals surface area contributed by atoms with E-state index in [0.29, 0.717) is 5.56 Å². The molecule has 0 aliphatic carbocycles. The molecule has 0 amide bonds. The van der Waals surface area contributed by atoms with E-state index in [0.717, 1.165) is 3.70 Å². The van der Waals surface area contributed by atoms with Gasteiger partial charge in [0.1, 0.15) is 9.74 Å². The first-order chi connectivity index (χ1) is 5.61. The van der Waals surface area contributed by atoms with Gasteiger partial charge in [-0.05, 0) is 34.2 Å². The van der Waals surface area contributed by atoms with Crippen LogP contribution in [0.15, 0.2) is 18.3 Å². The van der Waals surface area contributed by atoms with Gasteiger partial charge in [0, 0.05) is 6.20 Å². The van der Waals surface area contributed by atoms with E-state index < -0.39 is 12.0 Å². The molecule has 0 spiro atoms. The molecular weight excluding hydrogens is 271 g/mol. The molecule has 4 nitrogen and oxygen atoms in total. The number of aromatic nitrogens is 1. The van der Waals surface area contributed by atoms with E-state index in [9.17, 15) is 4.79 Å². The van der Waals surface area contributed by atoms with Gasteiger partial charge in [-0.1, -0.05) is 6.07 Å². The second kappa shape index (κ2) is 3.81. The highest BCUT2D eigenvalue weighted by Crippen LogP contribution is 2.10. The summed E-state index contributed by atoms with van der Waals surface area (Å²) < 4.78 is 0.814. The van der Waals surface area contributed by atoms with Crippen LogP contribution in [0.1, 0.15) is 11.6 Å². The first-order valence-electron chi connectivity index (χ1n) is 3.21. The Morgan fingerprint density at radius 3 is 2.75 bits per heavy atom. The standard InChI is InChI=1S/C7H7IN2O2/c8-5-2-1-4(3-10-5)6(9)7(11)12/h1-3,6H,9H2,(H,11,12). The minimum absolute atomic E-state index is 0.517. The predicted octanol–water partition coefficient (Wildman–Crippen LogP) is 0.771. The van der Waals surface area contributed by atoms with Crippen molar-refractivity contribution in [1.82, 2.24) is 4.98 Å². The van der Waals surface area contributed by atoms with Crippen molar-refractivity contribution in [2.45, 2.75) is 6.04 Å². The number of aliphatic carboxylic acids is 1. The molecular formula is C7H7IN2O2. The summed E-state index contributed by atoms with van der Waals surface area (Å²) in [5.74, 6) is -1.04. The maximum Gasteiger partial charge on any atom is 0.325 e. The predicted molar refractivity (Wildman–Crippen MR) is 51.5 cm³/mol. The minimum atomic E-state index is -1.04. The quantitative estimate of drug-likeness (QED) is 0.619. The zero-order chi connectivity index (χ0) is 9.14. The van der Waals surface area contributed by atoms with E-state index >= 15 is 0 Å². The largest absolute Gasteiger partial charge is 0.480 e. The van der Waals surface area contributed by atoms with Gasteiger partial charge < -0.3 is 10.8 Å². The Hall–Kier alpha value is -0.690. The third-order valence-electron chi connectivity index (χ3n) is 1.38. The number of halogens is 1. The molecule has 1 heterocycles. The van der Waals surface area contributed by atoms with Crippen molar-refractivity contribution < 1.29 is 9.90 Å². The zero-order valence-electron chi connectivity index (χ0n) is 6.07. The van der Waals surface area contributed by atoms with Crippen LogP contribution in [0.5, 0.6) is 0 Å². The molecule has 0 saturated carbocycles. The lowest BCUT2D eigenvalue weighted by atomic mass is 10.1. The van der Waals surface area contributed by atoms with Crippen molar-refractivity contribution in [2.75, 3.05) is 0 Å². The van der Waals surface area contributed by atoms with Crippen molar-refractivity contribution in [1.29, 1.82) is 0 Å². The number of carbonyl (C=O) groups is 1. The second-order valence-corrected chi connectivity index (χ2v) is 3.34. The molecule has 1 unspecified atom stereocenters. The second-order valence-electron chi connectivity index (χ2n) is 2.23. The molecule has 0 bridgehead atoms. The third kappa shape index (κ3) is 2.15. The van der Waals surface area contributed by atoms with E-state index in [-0.39, 0.29) is 0 Å². The van der Waals surface area contributed by atoms with Crippen LogP contribution in [-0.4, -0.2) is 16.1 Å². The van der Waals surface area contributed by atoms with Crippen molar-refractivity contribution in [3.8, 4) is 0 Å². The van der Waals surface area contributed by atoms with Gasteiger partial charge in [-0.2, -0.15) is 0 Å². The van der Waals surface area contributed by atoms with E-state index in [1.165, 1.54) is 6.20 Å². The van der Waals surface area contributed by atoms with Crippen LogP contribution in [0.4, 0.5) is 0 Å². The van der Waals surface area contributed by atoms with Crippen LogP contribution in [0.2, 0.25) is 0 Å². The lowest BCUT2D eigenvalue weighted by molar-refractivity contribution is -0.138. The fraction of sp³-hybridized carbons (Fsp3) is 0.143. The summed E-state index contributed by atoms with van der Waals surface area (Å²) in [4.78, 5) is 14.4. The summed E-state index contributed by atoms with van der Waals surface area (Å²) in [7, 11) is 0. The molecule has 0 fully saturated rings. The smallest absolute Gasteiger partial charge is 0.325 e. The molecule has 1 atom stereocenters. The number of hydrogen-bond donors (Lipinski definition) is 2. The highest BCUT2D eigenvalue weighted by molar-refractivity contribution is 14.1. The van der Waals surface area contributed by atoms with Gasteiger partial charge in [0.25, 0.3) is 0 Å². The van der Waals surface area contributed by atoms with Crippen LogP contribution >= 0.6 is 22.6 Å². The summed E-state index contributed by atoms with van der Waals surface area (Å²) in [6.45, 7) is 0. The first-order valence-corrected chi connectivity index (χ1v) is 4.29. The number of carboxylic acid groups (broad SMARTS) is 1. The molecule has 0 radical (unpaired) electrons. The Bertz CT molecular complexity index is 286. The summed E-state index contributed by atoms with van der Waals surface area (Å²) >= 11 is 2.04. The summed E-state index contributed by atoms with van der Waals surface area (Å²) in [5, 5.41) is 8.55. The van der Waals surface area contributed by atoms with Crippen LogP contribution in [0.25, 0.3) is 0 Å². The van der Waals surface area contributed by atoms with Crippen molar-refractivity contribution in [2.24, 2.45) is 5.73 Å². The van der Waals surface area contributed by atoms with E-state index in [2.05, 4.69) is 4.98 Å². The van der Waals surface area contributed by atoms with Crippen LogP contribution in [0.3, 0.4) is 0 Å². The third-order valence-corrected chi connectivity index (χ3v) is 2.01. The number of rotatable bonds is 2. The number of pyridine rings is 1. The highest BCUT2D eigenvalue weighted by atomic mass is 127. The molecule has 5 heteroatoms. The number of nitrogens with zero attached hydrogens (tertiary/aromatic N) is 1. The monoisotopic (exact) mass is 278 g/mol. The van der Waals surface area contributed by atoms with Gasteiger partial charge in [0.05, 0.1) is 0 Å². The molecule has 0 saturated heterocycles. The van der Waals surface area contributed by atoms with Crippen molar-refractivity contribution in [3.05, 3.63) is 27.6 Å². The van der Waals surface area contributed by atoms with Crippen molar-refractivity contribution in [3.63, 3.8) is 0 Å². The Balaban J connectivity index is 2.89.